The van der Waals surface area contributed by atoms with Crippen LogP contribution in [-0.4, -0.2) is 43.5 Å². The van der Waals surface area contributed by atoms with Crippen LogP contribution < -0.4 is 4.74 Å². The second kappa shape index (κ2) is 7.72. The monoisotopic (exact) mass is 425 g/mol. The standard InChI is InChI=1S/C22H21F2N5O2/c1-13-8-9-28(21(30)19-7-6-14-4-2-3-5-18(14)31-19)11-15(13)17-10-16(20(23)24)27-22-25-12-26-29(17)22/h2-5,7,10,12-13,15,20H,6,8-9,11H2,1H3/t13?,15-/m1/s1. The van der Waals surface area contributed by atoms with Gasteiger partial charge in [-0.2, -0.15) is 10.1 Å². The highest BCUT2D eigenvalue weighted by Crippen LogP contribution is 2.35. The average Bonchev–Trinajstić information content (AvgIpc) is 3.27. The van der Waals surface area contributed by atoms with E-state index < -0.39 is 6.43 Å². The molecule has 160 valence electrons. The summed E-state index contributed by atoms with van der Waals surface area (Å²) < 4.78 is 34.2. The maximum Gasteiger partial charge on any atom is 0.289 e. The van der Waals surface area contributed by atoms with Crippen LogP contribution in [0.15, 0.2) is 48.5 Å². The lowest BCUT2D eigenvalue weighted by Gasteiger charge is -2.37. The predicted molar refractivity (Wildman–Crippen MR) is 108 cm³/mol. The van der Waals surface area contributed by atoms with E-state index in [2.05, 4.69) is 22.0 Å². The van der Waals surface area contributed by atoms with Crippen LogP contribution in [-0.2, 0) is 11.2 Å². The Morgan fingerprint density at radius 1 is 1.29 bits per heavy atom. The highest BCUT2D eigenvalue weighted by Gasteiger charge is 2.34. The molecule has 4 heterocycles. The van der Waals surface area contributed by atoms with E-state index >= 15 is 0 Å². The summed E-state index contributed by atoms with van der Waals surface area (Å²) in [6.07, 6.45) is 1.76. The third-order valence-corrected chi connectivity index (χ3v) is 6.06. The quantitative estimate of drug-likeness (QED) is 0.642. The number of amides is 1. The molecule has 2 atom stereocenters. The minimum Gasteiger partial charge on any atom is -0.452 e. The number of halogens is 2. The normalized spacial score (nSPS) is 21.0. The molecule has 0 radical (unpaired) electrons. The molecule has 1 unspecified atom stereocenters. The Morgan fingerprint density at radius 3 is 2.97 bits per heavy atom. The molecular formula is C22H21F2N5O2. The largest absolute Gasteiger partial charge is 0.452 e. The lowest BCUT2D eigenvalue weighted by molar-refractivity contribution is -0.131. The van der Waals surface area contributed by atoms with Crippen LogP contribution in [0.5, 0.6) is 5.75 Å². The molecule has 0 spiro atoms. The van der Waals surface area contributed by atoms with Crippen LogP contribution in [0.1, 0.15) is 42.6 Å². The number of carbonyl (C=O) groups excluding carboxylic acids is 1. The number of para-hydroxylation sites is 1. The highest BCUT2D eigenvalue weighted by molar-refractivity contribution is 5.92. The molecule has 1 amide bonds. The number of hydrogen-bond donors (Lipinski definition) is 0. The molecule has 3 aromatic rings. The molecule has 2 aliphatic rings. The number of alkyl halides is 2. The van der Waals surface area contributed by atoms with Crippen LogP contribution in [0.2, 0.25) is 0 Å². The maximum atomic E-state index is 13.4. The number of carbonyl (C=O) groups is 1. The fourth-order valence-corrected chi connectivity index (χ4v) is 4.29. The summed E-state index contributed by atoms with van der Waals surface area (Å²) in [5, 5.41) is 4.17. The van der Waals surface area contributed by atoms with E-state index in [1.54, 1.807) is 11.0 Å². The van der Waals surface area contributed by atoms with Crippen molar-refractivity contribution < 1.29 is 18.3 Å². The van der Waals surface area contributed by atoms with Crippen molar-refractivity contribution in [2.24, 2.45) is 5.92 Å². The van der Waals surface area contributed by atoms with Crippen LogP contribution in [0, 0.1) is 5.92 Å². The Hall–Kier alpha value is -3.36. The lowest BCUT2D eigenvalue weighted by Crippen LogP contribution is -2.44. The Balaban J connectivity index is 1.43. The van der Waals surface area contributed by atoms with Crippen molar-refractivity contribution in [3.8, 4) is 5.75 Å². The van der Waals surface area contributed by atoms with E-state index in [0.717, 1.165) is 12.0 Å². The van der Waals surface area contributed by atoms with E-state index in [1.807, 2.05) is 24.3 Å². The van der Waals surface area contributed by atoms with Gasteiger partial charge in [0.05, 0.1) is 5.69 Å². The van der Waals surface area contributed by atoms with Crippen molar-refractivity contribution >= 4 is 11.7 Å². The molecule has 0 aliphatic carbocycles. The number of allylic oxidation sites excluding steroid dienone is 1. The van der Waals surface area contributed by atoms with Crippen molar-refractivity contribution in [3.05, 3.63) is 65.4 Å². The minimum atomic E-state index is -2.71. The molecule has 1 fully saturated rings. The van der Waals surface area contributed by atoms with E-state index in [9.17, 15) is 13.6 Å². The van der Waals surface area contributed by atoms with Crippen molar-refractivity contribution in [1.82, 2.24) is 24.5 Å². The molecular weight excluding hydrogens is 404 g/mol. The van der Waals surface area contributed by atoms with Gasteiger partial charge in [0.15, 0.2) is 5.76 Å². The molecule has 2 aromatic heterocycles. The Kier molecular flexibility index (Phi) is 4.88. The summed E-state index contributed by atoms with van der Waals surface area (Å²) in [5.74, 6) is 0.934. The molecule has 7 nitrogen and oxygen atoms in total. The van der Waals surface area contributed by atoms with Gasteiger partial charge in [-0.05, 0) is 42.5 Å². The molecule has 1 aromatic carbocycles. The summed E-state index contributed by atoms with van der Waals surface area (Å²) >= 11 is 0. The molecule has 0 N–H and O–H groups in total. The fourth-order valence-electron chi connectivity index (χ4n) is 4.29. The predicted octanol–water partition coefficient (Wildman–Crippen LogP) is 3.53. The van der Waals surface area contributed by atoms with Crippen LogP contribution >= 0.6 is 0 Å². The molecule has 5 rings (SSSR count). The Bertz CT molecular complexity index is 1180. The van der Waals surface area contributed by atoms with E-state index in [-0.39, 0.29) is 29.2 Å². The number of ether oxygens (including phenoxy) is 1. The fraction of sp³-hybridized carbons (Fsp3) is 0.364. The second-order valence-electron chi connectivity index (χ2n) is 7.98. The number of nitrogens with zero attached hydrogens (tertiary/aromatic N) is 5. The third-order valence-electron chi connectivity index (χ3n) is 6.06. The van der Waals surface area contributed by atoms with Crippen LogP contribution in [0.4, 0.5) is 8.78 Å². The molecule has 2 aliphatic heterocycles. The van der Waals surface area contributed by atoms with Gasteiger partial charge < -0.3 is 9.64 Å². The van der Waals surface area contributed by atoms with Gasteiger partial charge in [-0.1, -0.05) is 25.1 Å². The maximum absolute atomic E-state index is 13.4. The summed E-state index contributed by atoms with van der Waals surface area (Å²) in [5.41, 5.74) is 1.29. The summed E-state index contributed by atoms with van der Waals surface area (Å²) in [4.78, 5) is 22.8. The Labute approximate surface area is 177 Å². The number of likely N-dealkylation sites (tertiary alicyclic amines) is 1. The molecule has 0 bridgehead atoms. The van der Waals surface area contributed by atoms with Gasteiger partial charge in [-0.15, -0.1) is 0 Å². The number of aromatic nitrogens is 4. The van der Waals surface area contributed by atoms with E-state index in [0.29, 0.717) is 36.7 Å². The van der Waals surface area contributed by atoms with Gasteiger partial charge in [-0.3, -0.25) is 4.79 Å². The molecule has 1 saturated heterocycles. The average molecular weight is 425 g/mol. The van der Waals surface area contributed by atoms with Crippen molar-refractivity contribution in [2.45, 2.75) is 32.1 Å². The number of hydrogen-bond acceptors (Lipinski definition) is 5. The third kappa shape index (κ3) is 3.54. The number of fused-ring (bicyclic) bond motifs is 2. The number of benzene rings is 1. The first-order chi connectivity index (χ1) is 15.0. The van der Waals surface area contributed by atoms with Gasteiger partial charge in [-0.25, -0.2) is 18.3 Å². The van der Waals surface area contributed by atoms with Crippen molar-refractivity contribution in [3.63, 3.8) is 0 Å². The van der Waals surface area contributed by atoms with Gasteiger partial charge in [0, 0.05) is 19.0 Å². The first-order valence-electron chi connectivity index (χ1n) is 10.2. The molecule has 0 saturated carbocycles. The first-order valence-corrected chi connectivity index (χ1v) is 10.2. The zero-order valence-corrected chi connectivity index (χ0v) is 16.9. The zero-order valence-electron chi connectivity index (χ0n) is 16.9. The van der Waals surface area contributed by atoms with Crippen LogP contribution in [0.25, 0.3) is 5.78 Å². The summed E-state index contributed by atoms with van der Waals surface area (Å²) in [7, 11) is 0. The molecule has 9 heteroatoms. The Morgan fingerprint density at radius 2 is 2.13 bits per heavy atom. The van der Waals surface area contributed by atoms with Gasteiger partial charge in [0.1, 0.15) is 17.8 Å². The lowest BCUT2D eigenvalue weighted by atomic mass is 9.84. The number of rotatable bonds is 3. The summed E-state index contributed by atoms with van der Waals surface area (Å²) in [6.45, 7) is 3.01. The second-order valence-corrected chi connectivity index (χ2v) is 7.98. The van der Waals surface area contributed by atoms with Crippen molar-refractivity contribution in [2.75, 3.05) is 13.1 Å². The SMILES string of the molecule is CC1CCN(C(=O)C2=CCc3ccccc3O2)C[C@H]1c1cc(C(F)F)nc2ncnn12. The van der Waals surface area contributed by atoms with Gasteiger partial charge in [0.2, 0.25) is 0 Å². The van der Waals surface area contributed by atoms with E-state index in [4.69, 9.17) is 4.74 Å². The topological polar surface area (TPSA) is 72.6 Å². The smallest absolute Gasteiger partial charge is 0.289 e. The number of piperidine rings is 1. The summed E-state index contributed by atoms with van der Waals surface area (Å²) in [6, 6.07) is 9.01. The van der Waals surface area contributed by atoms with Gasteiger partial charge >= 0.3 is 0 Å². The van der Waals surface area contributed by atoms with Crippen molar-refractivity contribution in [1.29, 1.82) is 0 Å². The van der Waals surface area contributed by atoms with Crippen LogP contribution in [0.3, 0.4) is 0 Å². The van der Waals surface area contributed by atoms with Gasteiger partial charge in [0.25, 0.3) is 18.1 Å². The minimum absolute atomic E-state index is 0.137. The molecule has 31 heavy (non-hydrogen) atoms. The first kappa shape index (κ1) is 19.6. The van der Waals surface area contributed by atoms with E-state index in [1.165, 1.54) is 16.9 Å². The highest BCUT2D eigenvalue weighted by atomic mass is 19.3. The zero-order chi connectivity index (χ0) is 21.5.